The Balaban J connectivity index is 0.000000521. The normalized spacial score (nSPS) is 17.4. The number of nitrogens with zero attached hydrogens (tertiary/aromatic N) is 3. The predicted molar refractivity (Wildman–Crippen MR) is 102 cm³/mol. The standard InChI is InChI=1S/C16H21N3O5.C3H5NO/c1-22-16(15(20)21,19(23-2)24-3)9-14-11-18(12-17-14)10-13-7-5-4-6-8-13;4-2-1-3(2)5/h4-8,11-12H,9-10H2,1-3H3,(H,20,21);2H,1,4H2/t16-;/m1./s1. The lowest BCUT2D eigenvalue weighted by Crippen LogP contribution is -2.56. The van der Waals surface area contributed by atoms with Gasteiger partial charge in [0.1, 0.15) is 0 Å². The SMILES string of the molecule is CON(OC)[C@](Cc1cn(Cc2ccccc2)cn1)(OC)C(=O)O.NC1CC1=O. The van der Waals surface area contributed by atoms with Crippen molar-refractivity contribution in [2.75, 3.05) is 21.3 Å². The van der Waals surface area contributed by atoms with Gasteiger partial charge in [0.05, 0.1) is 38.7 Å². The van der Waals surface area contributed by atoms with Crippen molar-refractivity contribution in [2.45, 2.75) is 31.2 Å². The molecule has 1 unspecified atom stereocenters. The highest BCUT2D eigenvalue weighted by atomic mass is 17.0. The van der Waals surface area contributed by atoms with Gasteiger partial charge in [-0.3, -0.25) is 14.5 Å². The minimum atomic E-state index is -1.84. The van der Waals surface area contributed by atoms with Crippen molar-refractivity contribution < 1.29 is 29.1 Å². The fourth-order valence-corrected chi connectivity index (χ4v) is 2.60. The van der Waals surface area contributed by atoms with Crippen LogP contribution in [0.1, 0.15) is 17.7 Å². The van der Waals surface area contributed by atoms with Crippen LogP contribution in [0.3, 0.4) is 0 Å². The van der Waals surface area contributed by atoms with E-state index in [4.69, 9.17) is 20.1 Å². The molecule has 1 saturated carbocycles. The first-order valence-corrected chi connectivity index (χ1v) is 8.86. The number of ether oxygens (including phenoxy) is 1. The van der Waals surface area contributed by atoms with Gasteiger partial charge in [0.15, 0.2) is 5.78 Å². The van der Waals surface area contributed by atoms with Crippen LogP contribution in [-0.4, -0.2) is 64.7 Å². The number of ketones is 1. The maximum absolute atomic E-state index is 11.8. The quantitative estimate of drug-likeness (QED) is 0.454. The highest BCUT2D eigenvalue weighted by Gasteiger charge is 2.48. The smallest absolute Gasteiger partial charge is 0.356 e. The lowest BCUT2D eigenvalue weighted by Gasteiger charge is -2.34. The Labute approximate surface area is 168 Å². The number of hydrogen-bond acceptors (Lipinski definition) is 8. The van der Waals surface area contributed by atoms with Gasteiger partial charge in [-0.1, -0.05) is 30.3 Å². The first-order chi connectivity index (χ1) is 13.9. The number of rotatable bonds is 9. The number of aliphatic carboxylic acids is 1. The summed E-state index contributed by atoms with van der Waals surface area (Å²) in [6.07, 6.45) is 3.98. The molecule has 10 nitrogen and oxygen atoms in total. The summed E-state index contributed by atoms with van der Waals surface area (Å²) in [7, 11) is 3.88. The Morgan fingerprint density at radius 2 is 1.90 bits per heavy atom. The van der Waals surface area contributed by atoms with Crippen molar-refractivity contribution in [1.29, 1.82) is 0 Å². The first-order valence-electron chi connectivity index (χ1n) is 8.86. The van der Waals surface area contributed by atoms with E-state index in [0.717, 1.165) is 10.8 Å². The zero-order chi connectivity index (χ0) is 21.4. The molecule has 0 radical (unpaired) electrons. The van der Waals surface area contributed by atoms with Crippen LogP contribution in [0.4, 0.5) is 0 Å². The molecule has 158 valence electrons. The molecule has 0 amide bonds. The minimum absolute atomic E-state index is 0.0533. The zero-order valence-electron chi connectivity index (χ0n) is 16.6. The van der Waals surface area contributed by atoms with Crippen molar-refractivity contribution in [1.82, 2.24) is 14.8 Å². The highest BCUT2D eigenvalue weighted by Crippen LogP contribution is 2.23. The van der Waals surface area contributed by atoms with E-state index < -0.39 is 11.7 Å². The lowest BCUT2D eigenvalue weighted by atomic mass is 10.1. The van der Waals surface area contributed by atoms with Crippen LogP contribution in [0.15, 0.2) is 42.9 Å². The third-order valence-electron chi connectivity index (χ3n) is 4.29. The summed E-state index contributed by atoms with van der Waals surface area (Å²) in [4.78, 5) is 35.7. The van der Waals surface area contributed by atoms with Crippen molar-refractivity contribution in [3.63, 3.8) is 0 Å². The molecule has 0 bridgehead atoms. The highest BCUT2D eigenvalue weighted by molar-refractivity contribution is 5.99. The molecule has 1 aromatic carbocycles. The summed E-state index contributed by atoms with van der Waals surface area (Å²) in [5.41, 5.74) is 4.83. The van der Waals surface area contributed by atoms with Crippen LogP contribution in [0.5, 0.6) is 0 Å². The van der Waals surface area contributed by atoms with E-state index in [-0.39, 0.29) is 18.2 Å². The Kier molecular flexibility index (Phi) is 8.00. The molecule has 10 heteroatoms. The number of carbonyl (C=O) groups is 2. The molecular weight excluding hydrogens is 380 g/mol. The topological polar surface area (TPSA) is 129 Å². The summed E-state index contributed by atoms with van der Waals surface area (Å²) in [5, 5.41) is 10.4. The van der Waals surface area contributed by atoms with E-state index in [1.165, 1.54) is 21.3 Å². The summed E-state index contributed by atoms with van der Waals surface area (Å²) < 4.78 is 7.07. The Morgan fingerprint density at radius 1 is 1.31 bits per heavy atom. The van der Waals surface area contributed by atoms with Gasteiger partial charge in [-0.2, -0.15) is 0 Å². The van der Waals surface area contributed by atoms with E-state index >= 15 is 0 Å². The minimum Gasteiger partial charge on any atom is -0.478 e. The molecule has 1 fully saturated rings. The predicted octanol–water partition coefficient (Wildman–Crippen LogP) is 0.613. The number of Topliss-reactive ketones (excluding diaryl/α,β-unsaturated/α-hetero) is 1. The second-order valence-electron chi connectivity index (χ2n) is 6.39. The number of hydroxylamine groups is 2. The average molecular weight is 406 g/mol. The second kappa shape index (κ2) is 10.2. The van der Waals surface area contributed by atoms with Crippen LogP contribution in [0, 0.1) is 0 Å². The molecule has 0 aliphatic heterocycles. The van der Waals surface area contributed by atoms with Gasteiger partial charge >= 0.3 is 5.97 Å². The molecule has 0 saturated heterocycles. The van der Waals surface area contributed by atoms with Crippen molar-refractivity contribution in [3.05, 3.63) is 54.1 Å². The molecular formula is C19H26N4O6. The maximum atomic E-state index is 11.8. The number of hydrogen-bond donors (Lipinski definition) is 2. The number of methoxy groups -OCH3 is 1. The molecule has 29 heavy (non-hydrogen) atoms. The van der Waals surface area contributed by atoms with Gasteiger partial charge in [0, 0.05) is 26.3 Å². The zero-order valence-corrected chi connectivity index (χ0v) is 16.6. The number of aromatic nitrogens is 2. The third-order valence-corrected chi connectivity index (χ3v) is 4.29. The molecule has 1 heterocycles. The molecule has 2 atom stereocenters. The summed E-state index contributed by atoms with van der Waals surface area (Å²) in [6.45, 7) is 0.638. The summed E-state index contributed by atoms with van der Waals surface area (Å²) in [5.74, 6) is -1.05. The van der Waals surface area contributed by atoms with Gasteiger partial charge in [0.25, 0.3) is 5.72 Å². The van der Waals surface area contributed by atoms with Crippen molar-refractivity contribution >= 4 is 11.8 Å². The Hall–Kier alpha value is -2.63. The van der Waals surface area contributed by atoms with Crippen molar-refractivity contribution in [3.8, 4) is 0 Å². The van der Waals surface area contributed by atoms with Crippen LogP contribution >= 0.6 is 0 Å². The summed E-state index contributed by atoms with van der Waals surface area (Å²) in [6, 6.07) is 9.80. The number of carboxylic acid groups (broad SMARTS) is 1. The number of carbonyl (C=O) groups excluding carboxylic acids is 1. The van der Waals surface area contributed by atoms with E-state index in [1.54, 1.807) is 12.5 Å². The monoisotopic (exact) mass is 406 g/mol. The van der Waals surface area contributed by atoms with Crippen molar-refractivity contribution in [2.24, 2.45) is 5.73 Å². The van der Waals surface area contributed by atoms with Gasteiger partial charge < -0.3 is 20.1 Å². The first kappa shape index (κ1) is 22.7. The van der Waals surface area contributed by atoms with E-state index in [2.05, 4.69) is 4.98 Å². The summed E-state index contributed by atoms with van der Waals surface area (Å²) >= 11 is 0. The van der Waals surface area contributed by atoms with Gasteiger partial charge in [-0.15, -0.1) is 0 Å². The van der Waals surface area contributed by atoms with Gasteiger partial charge in [-0.05, 0) is 10.8 Å². The van der Waals surface area contributed by atoms with E-state index in [9.17, 15) is 14.7 Å². The lowest BCUT2D eigenvalue weighted by molar-refractivity contribution is -0.429. The van der Waals surface area contributed by atoms with Crippen LogP contribution in [-0.2, 0) is 37.0 Å². The molecule has 1 aromatic heterocycles. The fourth-order valence-electron chi connectivity index (χ4n) is 2.60. The molecule has 2 aromatic rings. The molecule has 1 aliphatic carbocycles. The fraction of sp³-hybridized carbons (Fsp3) is 0.421. The van der Waals surface area contributed by atoms with Crippen LogP contribution < -0.4 is 5.73 Å². The Morgan fingerprint density at radius 3 is 2.34 bits per heavy atom. The Bertz CT molecular complexity index is 808. The average Bonchev–Trinajstić information content (AvgIpc) is 3.17. The van der Waals surface area contributed by atoms with Crippen LogP contribution in [0.2, 0.25) is 0 Å². The molecule has 3 N–H and O–H groups in total. The number of imidazole rings is 1. The number of nitrogens with two attached hydrogens (primary N) is 1. The van der Waals surface area contributed by atoms with Gasteiger partial charge in [-0.25, -0.2) is 9.78 Å². The largest absolute Gasteiger partial charge is 0.478 e. The van der Waals surface area contributed by atoms with E-state index in [0.29, 0.717) is 18.7 Å². The molecule has 0 spiro atoms. The van der Waals surface area contributed by atoms with Gasteiger partial charge in [0.2, 0.25) is 0 Å². The van der Waals surface area contributed by atoms with E-state index in [1.807, 2.05) is 34.9 Å². The second-order valence-corrected chi connectivity index (χ2v) is 6.39. The van der Waals surface area contributed by atoms with Crippen LogP contribution in [0.25, 0.3) is 0 Å². The molecule has 1 aliphatic rings. The maximum Gasteiger partial charge on any atom is 0.356 e. The molecule has 3 rings (SSSR count). The number of benzene rings is 1. The third kappa shape index (κ3) is 5.92. The number of carboxylic acids is 1.